The first-order valence-electron chi connectivity index (χ1n) is 6.46. The zero-order chi connectivity index (χ0) is 14.7. The largest absolute Gasteiger partial charge is 0.378 e. The van der Waals surface area contributed by atoms with Crippen LogP contribution in [0.4, 0.5) is 11.4 Å². The molecule has 0 fully saturated rings. The van der Waals surface area contributed by atoms with Gasteiger partial charge in [-0.15, -0.1) is 0 Å². The standard InChI is InChI=1S/C16H18Cl2N2/c1-11(12-4-6-13(17)7-5-12)19-14-8-9-16(20(2)3)15(18)10-14/h4-11,19H,1-3H3. The Morgan fingerprint density at radius 2 is 1.65 bits per heavy atom. The second-order valence-electron chi connectivity index (χ2n) is 4.98. The molecule has 0 aliphatic heterocycles. The van der Waals surface area contributed by atoms with E-state index in [1.54, 1.807) is 0 Å². The first kappa shape index (κ1) is 15.0. The third-order valence-corrected chi connectivity index (χ3v) is 3.74. The van der Waals surface area contributed by atoms with Crippen LogP contribution in [0.5, 0.6) is 0 Å². The number of hydrogen-bond donors (Lipinski definition) is 1. The summed E-state index contributed by atoms with van der Waals surface area (Å²) in [4.78, 5) is 1.99. The number of benzene rings is 2. The van der Waals surface area contributed by atoms with Crippen molar-refractivity contribution in [2.45, 2.75) is 13.0 Å². The molecule has 1 N–H and O–H groups in total. The quantitative estimate of drug-likeness (QED) is 0.831. The van der Waals surface area contributed by atoms with Crippen LogP contribution in [0.3, 0.4) is 0 Å². The summed E-state index contributed by atoms with van der Waals surface area (Å²) in [7, 11) is 3.95. The fraction of sp³-hybridized carbons (Fsp3) is 0.250. The summed E-state index contributed by atoms with van der Waals surface area (Å²) < 4.78 is 0. The van der Waals surface area contributed by atoms with Gasteiger partial charge < -0.3 is 10.2 Å². The van der Waals surface area contributed by atoms with Crippen molar-refractivity contribution in [3.8, 4) is 0 Å². The molecule has 0 radical (unpaired) electrons. The van der Waals surface area contributed by atoms with Gasteiger partial charge in [-0.05, 0) is 42.8 Å². The highest BCUT2D eigenvalue weighted by molar-refractivity contribution is 6.33. The van der Waals surface area contributed by atoms with Crippen molar-refractivity contribution >= 4 is 34.6 Å². The van der Waals surface area contributed by atoms with Gasteiger partial charge >= 0.3 is 0 Å². The molecule has 2 rings (SSSR count). The summed E-state index contributed by atoms with van der Waals surface area (Å²) in [5.41, 5.74) is 3.20. The molecule has 2 nitrogen and oxygen atoms in total. The fourth-order valence-electron chi connectivity index (χ4n) is 2.04. The first-order chi connectivity index (χ1) is 9.47. The Bertz CT molecular complexity index is 580. The molecule has 20 heavy (non-hydrogen) atoms. The maximum absolute atomic E-state index is 6.28. The predicted octanol–water partition coefficient (Wildman–Crippen LogP) is 5.23. The molecule has 0 aliphatic carbocycles. The van der Waals surface area contributed by atoms with Crippen molar-refractivity contribution in [2.75, 3.05) is 24.3 Å². The number of hydrogen-bond acceptors (Lipinski definition) is 2. The number of nitrogens with zero attached hydrogens (tertiary/aromatic N) is 1. The van der Waals surface area contributed by atoms with Crippen LogP contribution in [-0.4, -0.2) is 14.1 Å². The minimum absolute atomic E-state index is 0.188. The Labute approximate surface area is 130 Å². The number of halogens is 2. The van der Waals surface area contributed by atoms with Crippen LogP contribution in [0, 0.1) is 0 Å². The van der Waals surface area contributed by atoms with E-state index >= 15 is 0 Å². The number of nitrogens with one attached hydrogen (secondary N) is 1. The first-order valence-corrected chi connectivity index (χ1v) is 7.22. The molecule has 0 spiro atoms. The molecule has 0 saturated heterocycles. The topological polar surface area (TPSA) is 15.3 Å². The maximum Gasteiger partial charge on any atom is 0.0659 e. The minimum Gasteiger partial charge on any atom is -0.378 e. The summed E-state index contributed by atoms with van der Waals surface area (Å²) in [5, 5.41) is 4.93. The fourth-order valence-corrected chi connectivity index (χ4v) is 2.52. The Kier molecular flexibility index (Phi) is 4.79. The zero-order valence-electron chi connectivity index (χ0n) is 11.8. The van der Waals surface area contributed by atoms with E-state index in [0.717, 1.165) is 21.4 Å². The highest BCUT2D eigenvalue weighted by atomic mass is 35.5. The van der Waals surface area contributed by atoms with Crippen LogP contribution < -0.4 is 10.2 Å². The van der Waals surface area contributed by atoms with Crippen LogP contribution in [0.25, 0.3) is 0 Å². The van der Waals surface area contributed by atoms with Gasteiger partial charge in [0.15, 0.2) is 0 Å². The van der Waals surface area contributed by atoms with Crippen molar-refractivity contribution in [3.63, 3.8) is 0 Å². The third kappa shape index (κ3) is 3.59. The van der Waals surface area contributed by atoms with Gasteiger partial charge in [0.1, 0.15) is 0 Å². The maximum atomic E-state index is 6.28. The Balaban J connectivity index is 2.13. The zero-order valence-corrected chi connectivity index (χ0v) is 13.3. The van der Waals surface area contributed by atoms with Gasteiger partial charge in [-0.25, -0.2) is 0 Å². The van der Waals surface area contributed by atoms with E-state index in [9.17, 15) is 0 Å². The van der Waals surface area contributed by atoms with Gasteiger partial charge in [-0.3, -0.25) is 0 Å². The van der Waals surface area contributed by atoms with Gasteiger partial charge in [0.05, 0.1) is 10.7 Å². The van der Waals surface area contributed by atoms with Crippen LogP contribution in [0.2, 0.25) is 10.0 Å². The van der Waals surface area contributed by atoms with Crippen molar-refractivity contribution in [1.29, 1.82) is 0 Å². The van der Waals surface area contributed by atoms with Crippen LogP contribution in [-0.2, 0) is 0 Å². The molecular formula is C16H18Cl2N2. The molecule has 2 aromatic rings. The molecule has 2 aromatic carbocycles. The van der Waals surface area contributed by atoms with Crippen molar-refractivity contribution in [1.82, 2.24) is 0 Å². The second kappa shape index (κ2) is 6.38. The lowest BCUT2D eigenvalue weighted by atomic mass is 10.1. The lowest BCUT2D eigenvalue weighted by molar-refractivity contribution is 0.885. The molecule has 0 heterocycles. The molecule has 1 unspecified atom stereocenters. The molecule has 0 saturated carbocycles. The van der Waals surface area contributed by atoms with E-state index in [1.165, 1.54) is 5.56 Å². The average molecular weight is 309 g/mol. The highest BCUT2D eigenvalue weighted by Crippen LogP contribution is 2.29. The summed E-state index contributed by atoms with van der Waals surface area (Å²) in [5.74, 6) is 0. The van der Waals surface area contributed by atoms with Gasteiger partial charge in [-0.2, -0.15) is 0 Å². The van der Waals surface area contributed by atoms with Crippen LogP contribution >= 0.6 is 23.2 Å². The van der Waals surface area contributed by atoms with E-state index in [-0.39, 0.29) is 6.04 Å². The Hall–Kier alpha value is -1.38. The van der Waals surface area contributed by atoms with Crippen LogP contribution in [0.15, 0.2) is 42.5 Å². The van der Waals surface area contributed by atoms with E-state index in [1.807, 2.05) is 61.5 Å². The lowest BCUT2D eigenvalue weighted by Gasteiger charge is -2.19. The lowest BCUT2D eigenvalue weighted by Crippen LogP contribution is -2.10. The second-order valence-corrected chi connectivity index (χ2v) is 5.82. The smallest absolute Gasteiger partial charge is 0.0659 e. The van der Waals surface area contributed by atoms with Gasteiger partial charge in [0.25, 0.3) is 0 Å². The molecular weight excluding hydrogens is 291 g/mol. The van der Waals surface area contributed by atoms with Crippen molar-refractivity contribution < 1.29 is 0 Å². The summed E-state index contributed by atoms with van der Waals surface area (Å²) in [6, 6.07) is 14.0. The molecule has 0 aromatic heterocycles. The van der Waals surface area contributed by atoms with E-state index in [0.29, 0.717) is 0 Å². The van der Waals surface area contributed by atoms with Gasteiger partial charge in [-0.1, -0.05) is 35.3 Å². The van der Waals surface area contributed by atoms with Gasteiger partial charge in [0.2, 0.25) is 0 Å². The third-order valence-electron chi connectivity index (χ3n) is 3.18. The minimum atomic E-state index is 0.188. The molecule has 0 aliphatic rings. The molecule has 1 atom stereocenters. The van der Waals surface area contributed by atoms with E-state index in [4.69, 9.17) is 23.2 Å². The summed E-state index contributed by atoms with van der Waals surface area (Å²) in [6.07, 6.45) is 0. The highest BCUT2D eigenvalue weighted by Gasteiger charge is 2.08. The molecule has 4 heteroatoms. The predicted molar refractivity (Wildman–Crippen MR) is 89.3 cm³/mol. The summed E-state index contributed by atoms with van der Waals surface area (Å²) >= 11 is 12.2. The number of rotatable bonds is 4. The molecule has 106 valence electrons. The van der Waals surface area contributed by atoms with Crippen molar-refractivity contribution in [3.05, 3.63) is 58.1 Å². The van der Waals surface area contributed by atoms with Gasteiger partial charge in [0, 0.05) is 30.8 Å². The Morgan fingerprint density at radius 3 is 2.20 bits per heavy atom. The Morgan fingerprint density at radius 1 is 1.00 bits per heavy atom. The number of anilines is 2. The van der Waals surface area contributed by atoms with Crippen molar-refractivity contribution in [2.24, 2.45) is 0 Å². The van der Waals surface area contributed by atoms with E-state index in [2.05, 4.69) is 12.2 Å². The van der Waals surface area contributed by atoms with Crippen LogP contribution in [0.1, 0.15) is 18.5 Å². The summed E-state index contributed by atoms with van der Waals surface area (Å²) in [6.45, 7) is 2.11. The molecule has 0 amide bonds. The average Bonchev–Trinajstić information content (AvgIpc) is 2.39. The monoisotopic (exact) mass is 308 g/mol. The molecule has 0 bridgehead atoms. The normalized spacial score (nSPS) is 12.1. The van der Waals surface area contributed by atoms with E-state index < -0.39 is 0 Å². The SMILES string of the molecule is CC(Nc1ccc(N(C)C)c(Cl)c1)c1ccc(Cl)cc1.